The van der Waals surface area contributed by atoms with Gasteiger partial charge in [-0.2, -0.15) is 14.8 Å². The van der Waals surface area contributed by atoms with Crippen molar-refractivity contribution >= 4 is 10.8 Å². The van der Waals surface area contributed by atoms with Crippen LogP contribution in [-0.2, 0) is 0 Å². The fourth-order valence-corrected chi connectivity index (χ4v) is 3.63. The zero-order valence-electron chi connectivity index (χ0n) is 17.5. The quantitative estimate of drug-likeness (QED) is 0.419. The van der Waals surface area contributed by atoms with Gasteiger partial charge in [0, 0.05) is 10.9 Å². The monoisotopic (exact) mass is 408 g/mol. The Kier molecular flexibility index (Phi) is 4.47. The van der Waals surface area contributed by atoms with Crippen LogP contribution >= 0.6 is 0 Å². The fourth-order valence-electron chi connectivity index (χ4n) is 3.63. The summed E-state index contributed by atoms with van der Waals surface area (Å²) in [4.78, 5) is 17.8. The standard InChI is InChI=1S/C25H20N4O2/c1-15-12-13-18(14-17(15)3)23-26-24(31-28-23)22-19-9-5-6-10-20(19)25(30)29(27-22)21-11-7-4-8-16(21)2/h4-14H,1-3H3. The van der Waals surface area contributed by atoms with E-state index in [2.05, 4.69) is 22.2 Å². The van der Waals surface area contributed by atoms with E-state index in [9.17, 15) is 4.79 Å². The lowest BCUT2D eigenvalue weighted by molar-refractivity contribution is 0.430. The second-order valence-electron chi connectivity index (χ2n) is 7.62. The number of aryl methyl sites for hydroxylation is 3. The van der Waals surface area contributed by atoms with Gasteiger partial charge in [-0.05, 0) is 55.7 Å². The summed E-state index contributed by atoms with van der Waals surface area (Å²) < 4.78 is 7.01. The van der Waals surface area contributed by atoms with E-state index in [0.717, 1.165) is 16.7 Å². The van der Waals surface area contributed by atoms with E-state index >= 15 is 0 Å². The van der Waals surface area contributed by atoms with Gasteiger partial charge in [-0.15, -0.1) is 0 Å². The summed E-state index contributed by atoms with van der Waals surface area (Å²) in [6, 6.07) is 21.0. The normalized spacial score (nSPS) is 11.2. The summed E-state index contributed by atoms with van der Waals surface area (Å²) in [5.41, 5.74) is 5.16. The second kappa shape index (κ2) is 7.32. The third-order valence-corrected chi connectivity index (χ3v) is 5.54. The smallest absolute Gasteiger partial charge is 0.279 e. The summed E-state index contributed by atoms with van der Waals surface area (Å²) in [5.74, 6) is 0.754. The fraction of sp³-hybridized carbons (Fsp3) is 0.120. The molecule has 0 spiro atoms. The Balaban J connectivity index is 1.73. The molecule has 0 saturated carbocycles. The van der Waals surface area contributed by atoms with Crippen molar-refractivity contribution in [1.29, 1.82) is 0 Å². The van der Waals surface area contributed by atoms with Gasteiger partial charge < -0.3 is 4.52 Å². The van der Waals surface area contributed by atoms with E-state index in [0.29, 0.717) is 28.0 Å². The molecule has 0 saturated heterocycles. The molecule has 0 atom stereocenters. The van der Waals surface area contributed by atoms with E-state index in [1.54, 1.807) is 6.07 Å². The summed E-state index contributed by atoms with van der Waals surface area (Å²) >= 11 is 0. The number of hydrogen-bond acceptors (Lipinski definition) is 5. The van der Waals surface area contributed by atoms with Crippen molar-refractivity contribution in [3.05, 3.63) is 93.8 Å². The molecule has 6 heteroatoms. The topological polar surface area (TPSA) is 73.8 Å². The van der Waals surface area contributed by atoms with Crippen molar-refractivity contribution in [2.24, 2.45) is 0 Å². The lowest BCUT2D eigenvalue weighted by Crippen LogP contribution is -2.23. The highest BCUT2D eigenvalue weighted by molar-refractivity contribution is 5.92. The average Bonchev–Trinajstić information content (AvgIpc) is 3.27. The van der Waals surface area contributed by atoms with Gasteiger partial charge in [-0.25, -0.2) is 0 Å². The van der Waals surface area contributed by atoms with Crippen molar-refractivity contribution in [2.45, 2.75) is 20.8 Å². The van der Waals surface area contributed by atoms with Crippen LogP contribution in [0.1, 0.15) is 16.7 Å². The van der Waals surface area contributed by atoms with E-state index in [1.165, 1.54) is 10.2 Å². The molecule has 0 fully saturated rings. The summed E-state index contributed by atoms with van der Waals surface area (Å²) in [7, 11) is 0. The van der Waals surface area contributed by atoms with Gasteiger partial charge in [0.1, 0.15) is 0 Å². The van der Waals surface area contributed by atoms with Gasteiger partial charge in [0.2, 0.25) is 5.82 Å². The van der Waals surface area contributed by atoms with Crippen molar-refractivity contribution < 1.29 is 4.52 Å². The van der Waals surface area contributed by atoms with Gasteiger partial charge in [0.25, 0.3) is 11.4 Å². The molecule has 6 nitrogen and oxygen atoms in total. The number of nitrogens with zero attached hydrogens (tertiary/aromatic N) is 4. The highest BCUT2D eigenvalue weighted by atomic mass is 16.5. The molecule has 0 aliphatic rings. The van der Waals surface area contributed by atoms with Crippen molar-refractivity contribution in [3.8, 4) is 28.7 Å². The maximum absolute atomic E-state index is 13.2. The first kappa shape index (κ1) is 18.9. The number of benzene rings is 3. The van der Waals surface area contributed by atoms with E-state index in [-0.39, 0.29) is 11.4 Å². The van der Waals surface area contributed by atoms with E-state index in [4.69, 9.17) is 4.52 Å². The molecule has 5 aromatic rings. The van der Waals surface area contributed by atoms with Crippen LogP contribution in [0.15, 0.2) is 76.0 Å². The first-order valence-corrected chi connectivity index (χ1v) is 10.0. The van der Waals surface area contributed by atoms with Gasteiger partial charge in [0.05, 0.1) is 11.1 Å². The summed E-state index contributed by atoms with van der Waals surface area (Å²) in [6.07, 6.45) is 0. The summed E-state index contributed by atoms with van der Waals surface area (Å²) in [6.45, 7) is 6.06. The molecule has 0 unspecified atom stereocenters. The lowest BCUT2D eigenvalue weighted by atomic mass is 10.1. The number of para-hydroxylation sites is 1. The zero-order valence-corrected chi connectivity index (χ0v) is 17.5. The molecule has 0 bridgehead atoms. The highest BCUT2D eigenvalue weighted by Crippen LogP contribution is 2.27. The number of fused-ring (bicyclic) bond motifs is 1. The Morgan fingerprint density at radius 1 is 0.806 bits per heavy atom. The SMILES string of the molecule is Cc1ccc(-c2noc(-c3nn(-c4ccccc4C)c(=O)c4ccccc34)n2)cc1C. The van der Waals surface area contributed by atoms with Crippen LogP contribution in [0.25, 0.3) is 39.4 Å². The molecular formula is C25H20N4O2. The van der Waals surface area contributed by atoms with Gasteiger partial charge in [0.15, 0.2) is 5.69 Å². The molecular weight excluding hydrogens is 388 g/mol. The minimum atomic E-state index is -0.192. The van der Waals surface area contributed by atoms with Crippen LogP contribution in [0.2, 0.25) is 0 Å². The van der Waals surface area contributed by atoms with E-state index in [1.807, 2.05) is 74.5 Å². The van der Waals surface area contributed by atoms with Crippen LogP contribution in [0.3, 0.4) is 0 Å². The molecule has 0 aliphatic carbocycles. The molecule has 2 aromatic heterocycles. The largest absolute Gasteiger partial charge is 0.332 e. The van der Waals surface area contributed by atoms with Crippen LogP contribution in [0, 0.1) is 20.8 Å². The lowest BCUT2D eigenvalue weighted by Gasteiger charge is -2.11. The Bertz CT molecular complexity index is 1500. The van der Waals surface area contributed by atoms with Crippen molar-refractivity contribution in [2.75, 3.05) is 0 Å². The molecule has 2 heterocycles. The van der Waals surface area contributed by atoms with Crippen molar-refractivity contribution in [1.82, 2.24) is 19.9 Å². The first-order chi connectivity index (χ1) is 15.0. The van der Waals surface area contributed by atoms with Crippen molar-refractivity contribution in [3.63, 3.8) is 0 Å². The molecule has 0 amide bonds. The minimum Gasteiger partial charge on any atom is -0.332 e. The Labute approximate surface area is 178 Å². The number of aromatic nitrogens is 4. The molecule has 0 N–H and O–H groups in total. The predicted molar refractivity (Wildman–Crippen MR) is 120 cm³/mol. The number of hydrogen-bond donors (Lipinski definition) is 0. The van der Waals surface area contributed by atoms with Crippen LogP contribution in [0.4, 0.5) is 0 Å². The molecule has 5 rings (SSSR count). The van der Waals surface area contributed by atoms with Crippen LogP contribution in [-0.4, -0.2) is 19.9 Å². The van der Waals surface area contributed by atoms with Crippen LogP contribution < -0.4 is 5.56 Å². The third kappa shape index (κ3) is 3.22. The second-order valence-corrected chi connectivity index (χ2v) is 7.62. The molecule has 31 heavy (non-hydrogen) atoms. The first-order valence-electron chi connectivity index (χ1n) is 10.0. The Morgan fingerprint density at radius 3 is 2.32 bits per heavy atom. The molecule has 152 valence electrons. The molecule has 3 aromatic carbocycles. The summed E-state index contributed by atoms with van der Waals surface area (Å²) in [5, 5.41) is 10.0. The minimum absolute atomic E-state index is 0.192. The van der Waals surface area contributed by atoms with E-state index < -0.39 is 0 Å². The Morgan fingerprint density at radius 2 is 1.55 bits per heavy atom. The maximum Gasteiger partial charge on any atom is 0.279 e. The van der Waals surface area contributed by atoms with Gasteiger partial charge in [-0.3, -0.25) is 4.79 Å². The molecule has 0 aliphatic heterocycles. The van der Waals surface area contributed by atoms with Gasteiger partial charge in [-0.1, -0.05) is 53.7 Å². The number of rotatable bonds is 3. The Hall–Kier alpha value is -4.06. The highest BCUT2D eigenvalue weighted by Gasteiger charge is 2.19. The van der Waals surface area contributed by atoms with Gasteiger partial charge >= 0.3 is 0 Å². The zero-order chi connectivity index (χ0) is 21.5. The third-order valence-electron chi connectivity index (χ3n) is 5.54. The maximum atomic E-state index is 13.2. The predicted octanol–water partition coefficient (Wildman–Crippen LogP) is 5.03. The molecule has 0 radical (unpaired) electrons. The average molecular weight is 408 g/mol. The van der Waals surface area contributed by atoms with Crippen LogP contribution in [0.5, 0.6) is 0 Å².